The molecule has 0 spiro atoms. The van der Waals surface area contributed by atoms with Gasteiger partial charge in [0.2, 0.25) is 0 Å². The van der Waals surface area contributed by atoms with Crippen LogP contribution in [0.4, 0.5) is 5.69 Å². The van der Waals surface area contributed by atoms with E-state index in [0.29, 0.717) is 0 Å². The van der Waals surface area contributed by atoms with E-state index in [-0.39, 0.29) is 0 Å². The Labute approximate surface area is 123 Å². The van der Waals surface area contributed by atoms with E-state index in [0.717, 1.165) is 40.2 Å². The SMILES string of the molecule is C=C(NCC)Nc1c[nH]c2ncc(-c3ccccc3)cc12. The third-order valence-electron chi connectivity index (χ3n) is 3.31. The lowest BCUT2D eigenvalue weighted by atomic mass is 10.1. The van der Waals surface area contributed by atoms with Crippen molar-refractivity contribution in [3.8, 4) is 11.1 Å². The summed E-state index contributed by atoms with van der Waals surface area (Å²) >= 11 is 0. The molecule has 2 aromatic heterocycles. The first kappa shape index (κ1) is 13.2. The lowest BCUT2D eigenvalue weighted by Crippen LogP contribution is -2.17. The van der Waals surface area contributed by atoms with Gasteiger partial charge in [0.25, 0.3) is 0 Å². The molecular formula is C17H18N4. The Balaban J connectivity index is 1.98. The van der Waals surface area contributed by atoms with Crippen LogP contribution in [0.5, 0.6) is 0 Å². The average Bonchev–Trinajstić information content (AvgIpc) is 2.91. The molecule has 0 fully saturated rings. The van der Waals surface area contributed by atoms with Gasteiger partial charge in [0.1, 0.15) is 5.65 Å². The molecule has 106 valence electrons. The summed E-state index contributed by atoms with van der Waals surface area (Å²) < 4.78 is 0. The minimum atomic E-state index is 0.781. The number of hydrogen-bond acceptors (Lipinski definition) is 3. The van der Waals surface area contributed by atoms with E-state index in [2.05, 4.69) is 45.4 Å². The molecule has 0 aliphatic heterocycles. The first-order valence-corrected chi connectivity index (χ1v) is 7.00. The fraction of sp³-hybridized carbons (Fsp3) is 0.118. The molecule has 21 heavy (non-hydrogen) atoms. The second-order valence-corrected chi connectivity index (χ2v) is 4.82. The maximum atomic E-state index is 4.49. The highest BCUT2D eigenvalue weighted by Crippen LogP contribution is 2.27. The van der Waals surface area contributed by atoms with E-state index in [9.17, 15) is 0 Å². The fourth-order valence-corrected chi connectivity index (χ4v) is 2.32. The first-order chi connectivity index (χ1) is 10.3. The Morgan fingerprint density at radius 3 is 2.81 bits per heavy atom. The summed E-state index contributed by atoms with van der Waals surface area (Å²) in [5.74, 6) is 0.781. The number of anilines is 1. The highest BCUT2D eigenvalue weighted by molar-refractivity contribution is 5.93. The molecule has 4 heteroatoms. The molecule has 3 N–H and O–H groups in total. The zero-order valence-corrected chi connectivity index (χ0v) is 12.0. The second-order valence-electron chi connectivity index (χ2n) is 4.82. The van der Waals surface area contributed by atoms with Gasteiger partial charge < -0.3 is 15.6 Å². The molecule has 0 bridgehead atoms. The number of benzene rings is 1. The van der Waals surface area contributed by atoms with Gasteiger partial charge in [-0.2, -0.15) is 0 Å². The van der Waals surface area contributed by atoms with Gasteiger partial charge in [-0.25, -0.2) is 4.98 Å². The quantitative estimate of drug-likeness (QED) is 0.666. The zero-order valence-electron chi connectivity index (χ0n) is 12.0. The highest BCUT2D eigenvalue weighted by Gasteiger charge is 2.07. The second kappa shape index (κ2) is 5.71. The van der Waals surface area contributed by atoms with Crippen molar-refractivity contribution in [2.24, 2.45) is 0 Å². The van der Waals surface area contributed by atoms with Crippen LogP contribution in [0, 0.1) is 0 Å². The predicted octanol–water partition coefficient (Wildman–Crippen LogP) is 3.72. The van der Waals surface area contributed by atoms with Gasteiger partial charge >= 0.3 is 0 Å². The number of nitrogens with zero attached hydrogens (tertiary/aromatic N) is 1. The van der Waals surface area contributed by atoms with E-state index in [1.807, 2.05) is 37.5 Å². The third-order valence-corrected chi connectivity index (χ3v) is 3.31. The molecular weight excluding hydrogens is 260 g/mol. The maximum Gasteiger partial charge on any atom is 0.139 e. The molecule has 0 radical (unpaired) electrons. The number of pyridine rings is 1. The highest BCUT2D eigenvalue weighted by atomic mass is 15.1. The summed E-state index contributed by atoms with van der Waals surface area (Å²) in [6, 6.07) is 12.4. The van der Waals surface area contributed by atoms with Gasteiger partial charge in [-0.05, 0) is 18.6 Å². The van der Waals surface area contributed by atoms with Crippen LogP contribution in [0.1, 0.15) is 6.92 Å². The Morgan fingerprint density at radius 2 is 2.05 bits per heavy atom. The Morgan fingerprint density at radius 1 is 1.24 bits per heavy atom. The van der Waals surface area contributed by atoms with Crippen molar-refractivity contribution in [1.82, 2.24) is 15.3 Å². The average molecular weight is 278 g/mol. The van der Waals surface area contributed by atoms with Gasteiger partial charge in [-0.1, -0.05) is 36.9 Å². The zero-order chi connectivity index (χ0) is 14.7. The van der Waals surface area contributed by atoms with Gasteiger partial charge in [0.15, 0.2) is 0 Å². The summed E-state index contributed by atoms with van der Waals surface area (Å²) in [5, 5.41) is 7.47. The molecule has 3 aromatic rings. The Hall–Kier alpha value is -2.75. The van der Waals surface area contributed by atoms with E-state index < -0.39 is 0 Å². The summed E-state index contributed by atoms with van der Waals surface area (Å²) in [5.41, 5.74) is 4.09. The van der Waals surface area contributed by atoms with Crippen LogP contribution >= 0.6 is 0 Å². The molecule has 0 saturated heterocycles. The van der Waals surface area contributed by atoms with Crippen LogP contribution in [0.3, 0.4) is 0 Å². The number of H-pyrrole nitrogens is 1. The molecule has 2 heterocycles. The summed E-state index contributed by atoms with van der Waals surface area (Å²) in [4.78, 5) is 7.66. The summed E-state index contributed by atoms with van der Waals surface area (Å²) in [6.45, 7) is 6.82. The molecule has 0 saturated carbocycles. The largest absolute Gasteiger partial charge is 0.372 e. The topological polar surface area (TPSA) is 52.7 Å². The van der Waals surface area contributed by atoms with E-state index >= 15 is 0 Å². The van der Waals surface area contributed by atoms with Gasteiger partial charge in [0.05, 0.1) is 11.5 Å². The lowest BCUT2D eigenvalue weighted by Gasteiger charge is -2.09. The number of nitrogens with one attached hydrogen (secondary N) is 3. The minimum Gasteiger partial charge on any atom is -0.372 e. The number of aromatic amines is 1. The van der Waals surface area contributed by atoms with Crippen LogP contribution in [-0.4, -0.2) is 16.5 Å². The van der Waals surface area contributed by atoms with Gasteiger partial charge in [-0.15, -0.1) is 0 Å². The lowest BCUT2D eigenvalue weighted by molar-refractivity contribution is 0.864. The van der Waals surface area contributed by atoms with Gasteiger partial charge in [0, 0.05) is 29.9 Å². The van der Waals surface area contributed by atoms with Crippen LogP contribution in [0.25, 0.3) is 22.2 Å². The fourth-order valence-electron chi connectivity index (χ4n) is 2.32. The normalized spacial score (nSPS) is 10.5. The maximum absolute atomic E-state index is 4.49. The van der Waals surface area contributed by atoms with E-state index in [1.165, 1.54) is 0 Å². The predicted molar refractivity (Wildman–Crippen MR) is 88.0 cm³/mol. The number of hydrogen-bond donors (Lipinski definition) is 3. The molecule has 3 rings (SSSR count). The smallest absolute Gasteiger partial charge is 0.139 e. The van der Waals surface area contributed by atoms with Crippen molar-refractivity contribution in [1.29, 1.82) is 0 Å². The number of aromatic nitrogens is 2. The van der Waals surface area contributed by atoms with Crippen molar-refractivity contribution >= 4 is 16.7 Å². The standard InChI is InChI=1S/C17H18N4/c1-3-18-12(2)21-16-11-20-17-15(16)9-14(10-19-17)13-7-5-4-6-8-13/h4-11,18,21H,2-3H2,1H3,(H,19,20). The molecule has 0 atom stereocenters. The minimum absolute atomic E-state index is 0.781. The number of rotatable bonds is 5. The van der Waals surface area contributed by atoms with E-state index in [4.69, 9.17) is 0 Å². The van der Waals surface area contributed by atoms with Crippen molar-refractivity contribution in [2.75, 3.05) is 11.9 Å². The molecule has 0 aliphatic rings. The van der Waals surface area contributed by atoms with Crippen LogP contribution in [-0.2, 0) is 0 Å². The van der Waals surface area contributed by atoms with Crippen molar-refractivity contribution in [3.05, 3.63) is 61.2 Å². The summed E-state index contributed by atoms with van der Waals surface area (Å²) in [7, 11) is 0. The monoisotopic (exact) mass is 278 g/mol. The van der Waals surface area contributed by atoms with Crippen LogP contribution in [0.2, 0.25) is 0 Å². The Bertz CT molecular complexity index is 759. The first-order valence-electron chi connectivity index (χ1n) is 7.00. The molecule has 0 unspecified atom stereocenters. The molecule has 4 nitrogen and oxygen atoms in total. The van der Waals surface area contributed by atoms with Crippen molar-refractivity contribution < 1.29 is 0 Å². The van der Waals surface area contributed by atoms with Crippen molar-refractivity contribution in [3.63, 3.8) is 0 Å². The molecule has 0 aliphatic carbocycles. The molecule has 1 aromatic carbocycles. The molecule has 0 amide bonds. The van der Waals surface area contributed by atoms with Gasteiger partial charge in [-0.3, -0.25) is 0 Å². The van der Waals surface area contributed by atoms with Crippen LogP contribution < -0.4 is 10.6 Å². The van der Waals surface area contributed by atoms with Crippen molar-refractivity contribution in [2.45, 2.75) is 6.92 Å². The Kier molecular flexibility index (Phi) is 3.60. The van der Waals surface area contributed by atoms with E-state index in [1.54, 1.807) is 0 Å². The third kappa shape index (κ3) is 2.74. The van der Waals surface area contributed by atoms with Crippen LogP contribution in [0.15, 0.2) is 61.2 Å². The summed E-state index contributed by atoms with van der Waals surface area (Å²) in [6.07, 6.45) is 3.80. The number of fused-ring (bicyclic) bond motifs is 1.